The highest BCUT2D eigenvalue weighted by Crippen LogP contribution is 2.46. The standard InChI is InChI=1S/C17H27N3O/c18-16-11-12-20(17(21)19-16)15-10-9-14(15)13-7-5-3-1-2-4-6-8-13/h11-15H,1-10H2,(H2,18,19,21). The molecule has 4 heteroatoms. The van der Waals surface area contributed by atoms with Crippen molar-refractivity contribution in [3.05, 3.63) is 22.7 Å². The molecule has 1 aromatic rings. The number of rotatable bonds is 2. The Kier molecular flexibility index (Phi) is 4.61. The van der Waals surface area contributed by atoms with Gasteiger partial charge in [-0.25, -0.2) is 4.79 Å². The summed E-state index contributed by atoms with van der Waals surface area (Å²) < 4.78 is 1.83. The van der Waals surface area contributed by atoms with E-state index in [1.54, 1.807) is 6.07 Å². The zero-order valence-electron chi connectivity index (χ0n) is 12.8. The molecule has 2 saturated carbocycles. The first kappa shape index (κ1) is 14.6. The lowest BCUT2D eigenvalue weighted by molar-refractivity contribution is 0.0934. The molecule has 2 unspecified atom stereocenters. The largest absolute Gasteiger partial charge is 0.383 e. The van der Waals surface area contributed by atoms with Gasteiger partial charge >= 0.3 is 5.69 Å². The zero-order chi connectivity index (χ0) is 14.7. The highest BCUT2D eigenvalue weighted by molar-refractivity contribution is 5.23. The molecule has 1 aromatic heterocycles. The van der Waals surface area contributed by atoms with E-state index in [-0.39, 0.29) is 5.69 Å². The highest BCUT2D eigenvalue weighted by Gasteiger charge is 2.38. The number of aromatic nitrogens is 2. The fourth-order valence-electron chi connectivity index (χ4n) is 4.17. The van der Waals surface area contributed by atoms with Gasteiger partial charge in [-0.05, 0) is 30.7 Å². The highest BCUT2D eigenvalue weighted by atomic mass is 16.1. The summed E-state index contributed by atoms with van der Waals surface area (Å²) in [6, 6.07) is 2.11. The first-order valence-electron chi connectivity index (χ1n) is 8.60. The first-order valence-corrected chi connectivity index (χ1v) is 8.60. The Hall–Kier alpha value is -1.32. The van der Waals surface area contributed by atoms with Crippen LogP contribution in [0.3, 0.4) is 0 Å². The second-order valence-electron chi connectivity index (χ2n) is 6.81. The minimum absolute atomic E-state index is 0.173. The fraction of sp³-hybridized carbons (Fsp3) is 0.765. The molecule has 4 nitrogen and oxygen atoms in total. The maximum atomic E-state index is 12.1. The lowest BCUT2D eigenvalue weighted by Crippen LogP contribution is -2.40. The molecule has 0 radical (unpaired) electrons. The SMILES string of the molecule is Nc1ccn(C2CCC2C2CCCCCCCC2)c(=O)n1. The molecule has 2 atom stereocenters. The molecule has 0 aliphatic heterocycles. The lowest BCUT2D eigenvalue weighted by Gasteiger charge is -2.43. The summed E-state index contributed by atoms with van der Waals surface area (Å²) in [5.41, 5.74) is 5.42. The van der Waals surface area contributed by atoms with E-state index >= 15 is 0 Å². The molecular formula is C17H27N3O. The molecule has 2 N–H and O–H groups in total. The van der Waals surface area contributed by atoms with Crippen LogP contribution >= 0.6 is 0 Å². The van der Waals surface area contributed by atoms with Gasteiger partial charge in [0.1, 0.15) is 5.82 Å². The fourth-order valence-corrected chi connectivity index (χ4v) is 4.17. The molecular weight excluding hydrogens is 262 g/mol. The summed E-state index contributed by atoms with van der Waals surface area (Å²) in [6.45, 7) is 0. The second kappa shape index (κ2) is 6.63. The molecule has 116 valence electrons. The molecule has 2 aliphatic rings. The van der Waals surface area contributed by atoms with E-state index < -0.39 is 0 Å². The summed E-state index contributed by atoms with van der Waals surface area (Å²) in [5, 5.41) is 0. The molecule has 0 bridgehead atoms. The summed E-state index contributed by atoms with van der Waals surface area (Å²) in [5.74, 6) is 1.80. The van der Waals surface area contributed by atoms with E-state index in [9.17, 15) is 4.79 Å². The second-order valence-corrected chi connectivity index (χ2v) is 6.81. The van der Waals surface area contributed by atoms with Gasteiger partial charge in [0.15, 0.2) is 0 Å². The molecule has 2 aliphatic carbocycles. The van der Waals surface area contributed by atoms with Gasteiger partial charge in [0.2, 0.25) is 0 Å². The van der Waals surface area contributed by atoms with Crippen molar-refractivity contribution >= 4 is 5.82 Å². The predicted octanol–water partition coefficient (Wildman–Crippen LogP) is 3.53. The van der Waals surface area contributed by atoms with Crippen molar-refractivity contribution in [2.45, 2.75) is 70.3 Å². The van der Waals surface area contributed by atoms with Crippen LogP contribution in [0, 0.1) is 11.8 Å². The minimum atomic E-state index is -0.173. The van der Waals surface area contributed by atoms with Crippen LogP contribution in [0.4, 0.5) is 5.82 Å². The molecule has 0 saturated heterocycles. The van der Waals surface area contributed by atoms with Crippen molar-refractivity contribution in [2.24, 2.45) is 11.8 Å². The Morgan fingerprint density at radius 2 is 1.67 bits per heavy atom. The van der Waals surface area contributed by atoms with E-state index in [4.69, 9.17) is 5.73 Å². The molecule has 1 heterocycles. The van der Waals surface area contributed by atoms with E-state index in [0.29, 0.717) is 17.8 Å². The van der Waals surface area contributed by atoms with E-state index in [2.05, 4.69) is 4.98 Å². The van der Waals surface area contributed by atoms with Gasteiger partial charge in [-0.1, -0.05) is 51.4 Å². The van der Waals surface area contributed by atoms with Gasteiger partial charge in [-0.3, -0.25) is 4.57 Å². The Bertz CT molecular complexity index is 515. The quantitative estimate of drug-likeness (QED) is 0.906. The van der Waals surface area contributed by atoms with Gasteiger partial charge in [0.05, 0.1) is 0 Å². The van der Waals surface area contributed by atoms with Gasteiger partial charge in [0.25, 0.3) is 0 Å². The van der Waals surface area contributed by atoms with E-state index in [1.807, 2.05) is 10.8 Å². The van der Waals surface area contributed by atoms with Crippen molar-refractivity contribution in [3.63, 3.8) is 0 Å². The van der Waals surface area contributed by atoms with Crippen LogP contribution in [-0.2, 0) is 0 Å². The summed E-state index contributed by atoms with van der Waals surface area (Å²) in [7, 11) is 0. The Morgan fingerprint density at radius 3 is 2.24 bits per heavy atom. The average Bonchev–Trinajstić information content (AvgIpc) is 2.55. The van der Waals surface area contributed by atoms with Gasteiger partial charge < -0.3 is 5.73 Å². The summed E-state index contributed by atoms with van der Waals surface area (Å²) in [6.07, 6.45) is 15.2. The van der Waals surface area contributed by atoms with E-state index in [0.717, 1.165) is 12.3 Å². The Balaban J connectivity index is 1.71. The molecule has 0 spiro atoms. The molecule has 21 heavy (non-hydrogen) atoms. The topological polar surface area (TPSA) is 60.9 Å². The number of anilines is 1. The van der Waals surface area contributed by atoms with Crippen molar-refractivity contribution in [1.29, 1.82) is 0 Å². The van der Waals surface area contributed by atoms with Crippen LogP contribution in [-0.4, -0.2) is 9.55 Å². The molecule has 0 amide bonds. The smallest absolute Gasteiger partial charge is 0.349 e. The average molecular weight is 289 g/mol. The number of nitrogens with zero attached hydrogens (tertiary/aromatic N) is 2. The first-order chi connectivity index (χ1) is 10.3. The monoisotopic (exact) mass is 289 g/mol. The third-order valence-corrected chi connectivity index (χ3v) is 5.50. The predicted molar refractivity (Wildman–Crippen MR) is 85.1 cm³/mol. The van der Waals surface area contributed by atoms with Crippen molar-refractivity contribution < 1.29 is 0 Å². The summed E-state index contributed by atoms with van der Waals surface area (Å²) in [4.78, 5) is 15.9. The Labute approximate surface area is 126 Å². The van der Waals surface area contributed by atoms with Crippen LogP contribution in [0.25, 0.3) is 0 Å². The van der Waals surface area contributed by atoms with Crippen LogP contribution in [0.5, 0.6) is 0 Å². The van der Waals surface area contributed by atoms with Crippen LogP contribution < -0.4 is 11.4 Å². The number of hydrogen-bond donors (Lipinski definition) is 1. The summed E-state index contributed by atoms with van der Waals surface area (Å²) >= 11 is 0. The normalized spacial score (nSPS) is 28.2. The van der Waals surface area contributed by atoms with Crippen molar-refractivity contribution in [3.8, 4) is 0 Å². The molecule has 2 fully saturated rings. The molecule has 3 rings (SSSR count). The van der Waals surface area contributed by atoms with Gasteiger partial charge in [0, 0.05) is 12.2 Å². The zero-order valence-corrected chi connectivity index (χ0v) is 12.8. The number of nitrogens with two attached hydrogens (primary N) is 1. The van der Waals surface area contributed by atoms with Gasteiger partial charge in [-0.15, -0.1) is 0 Å². The van der Waals surface area contributed by atoms with Crippen LogP contribution in [0.15, 0.2) is 17.1 Å². The van der Waals surface area contributed by atoms with Gasteiger partial charge in [-0.2, -0.15) is 4.98 Å². The van der Waals surface area contributed by atoms with Crippen LogP contribution in [0.2, 0.25) is 0 Å². The van der Waals surface area contributed by atoms with E-state index in [1.165, 1.54) is 57.8 Å². The maximum Gasteiger partial charge on any atom is 0.349 e. The van der Waals surface area contributed by atoms with Crippen LogP contribution in [0.1, 0.15) is 70.3 Å². The minimum Gasteiger partial charge on any atom is -0.383 e. The van der Waals surface area contributed by atoms with Crippen molar-refractivity contribution in [1.82, 2.24) is 9.55 Å². The maximum absolute atomic E-state index is 12.1. The Morgan fingerprint density at radius 1 is 1.00 bits per heavy atom. The number of hydrogen-bond acceptors (Lipinski definition) is 3. The third kappa shape index (κ3) is 3.30. The molecule has 0 aromatic carbocycles. The number of nitrogen functional groups attached to an aromatic ring is 1. The lowest BCUT2D eigenvalue weighted by atomic mass is 9.68. The van der Waals surface area contributed by atoms with Crippen molar-refractivity contribution in [2.75, 3.05) is 5.73 Å². The third-order valence-electron chi connectivity index (χ3n) is 5.50.